The largest absolute Gasteiger partial charge is 0.508 e. The van der Waals surface area contributed by atoms with Crippen molar-refractivity contribution >= 4 is 33.3 Å². The number of phenolic OH excluding ortho intramolecular Hbond substituents is 1. The zero-order valence-electron chi connectivity index (χ0n) is 25.2. The summed E-state index contributed by atoms with van der Waals surface area (Å²) in [6, 6.07) is 25.9. The topological polar surface area (TPSA) is 151 Å². The third kappa shape index (κ3) is 7.86. The van der Waals surface area contributed by atoms with E-state index in [-0.39, 0.29) is 45.7 Å². The first-order chi connectivity index (χ1) is 22.4. The Balaban J connectivity index is 1.23. The second-order valence-electron chi connectivity index (χ2n) is 10.5. The van der Waals surface area contributed by atoms with E-state index in [0.717, 1.165) is 23.3 Å². The van der Waals surface area contributed by atoms with Gasteiger partial charge in [0.1, 0.15) is 23.7 Å². The predicted molar refractivity (Wildman–Crippen MR) is 174 cm³/mol. The van der Waals surface area contributed by atoms with E-state index in [1.807, 2.05) is 0 Å². The molecule has 0 unspecified atom stereocenters. The molecule has 0 aliphatic heterocycles. The van der Waals surface area contributed by atoms with Gasteiger partial charge in [0, 0.05) is 23.0 Å². The number of carbonyl (C=O) groups excluding carboxylic acids is 1. The van der Waals surface area contributed by atoms with Crippen molar-refractivity contribution < 1.29 is 42.1 Å². The number of carboxylic acids is 1. The highest BCUT2D eigenvalue weighted by atomic mass is 32.2. The Morgan fingerprint density at radius 3 is 2.11 bits per heavy atom. The molecule has 0 saturated carbocycles. The summed E-state index contributed by atoms with van der Waals surface area (Å²) >= 11 is 0. The molecule has 0 saturated heterocycles. The van der Waals surface area contributed by atoms with Gasteiger partial charge in [-0.05, 0) is 95.9 Å². The number of aromatic hydroxyl groups is 1. The van der Waals surface area contributed by atoms with Gasteiger partial charge in [-0.15, -0.1) is 0 Å². The molecule has 0 heterocycles. The maximum Gasteiger partial charge on any atom is 0.339 e. The van der Waals surface area contributed by atoms with Crippen molar-refractivity contribution in [2.45, 2.75) is 18.4 Å². The zero-order valence-corrected chi connectivity index (χ0v) is 26.0. The minimum absolute atomic E-state index is 0.0200. The molecule has 5 aromatic rings. The van der Waals surface area contributed by atoms with E-state index in [0.29, 0.717) is 16.7 Å². The van der Waals surface area contributed by atoms with Crippen LogP contribution in [0.25, 0.3) is 11.1 Å². The van der Waals surface area contributed by atoms with Gasteiger partial charge >= 0.3 is 5.97 Å². The number of nitrogens with one attached hydrogen (secondary N) is 2. The van der Waals surface area contributed by atoms with E-state index in [1.165, 1.54) is 37.4 Å². The zero-order chi connectivity index (χ0) is 33.7. The Kier molecular flexibility index (Phi) is 9.43. The molecule has 0 spiro atoms. The fraction of sp³-hybridized carbons (Fsp3) is 0.0857. The minimum atomic E-state index is -4.17. The summed E-state index contributed by atoms with van der Waals surface area (Å²) in [5, 5.41) is 21.5. The maximum absolute atomic E-state index is 15.0. The number of phenols is 1. The van der Waals surface area contributed by atoms with Crippen molar-refractivity contribution in [3.8, 4) is 28.4 Å². The first-order valence-corrected chi connectivity index (χ1v) is 15.6. The molecule has 12 heteroatoms. The number of methoxy groups -OCH3 is 1. The normalized spacial score (nSPS) is 11.0. The third-order valence-electron chi connectivity index (χ3n) is 7.03. The van der Waals surface area contributed by atoms with Crippen LogP contribution in [-0.4, -0.2) is 37.6 Å². The average molecular weight is 657 g/mol. The molecule has 5 aromatic carbocycles. The number of aryl methyl sites for hydroxylation is 1. The van der Waals surface area contributed by atoms with Crippen LogP contribution in [0.2, 0.25) is 0 Å². The number of aromatic carboxylic acids is 1. The van der Waals surface area contributed by atoms with Gasteiger partial charge in [-0.1, -0.05) is 30.3 Å². The average Bonchev–Trinajstić information content (AvgIpc) is 3.04. The van der Waals surface area contributed by atoms with Gasteiger partial charge in [0.25, 0.3) is 15.9 Å². The van der Waals surface area contributed by atoms with Gasteiger partial charge < -0.3 is 25.0 Å². The number of hydrogen-bond donors (Lipinski definition) is 4. The molecule has 0 atom stereocenters. The molecule has 0 aliphatic rings. The van der Waals surface area contributed by atoms with Gasteiger partial charge in [-0.25, -0.2) is 17.6 Å². The molecule has 47 heavy (non-hydrogen) atoms. The first kappa shape index (κ1) is 32.5. The Morgan fingerprint density at radius 2 is 1.47 bits per heavy atom. The Labute approximate surface area is 270 Å². The molecule has 0 fully saturated rings. The van der Waals surface area contributed by atoms with Crippen LogP contribution >= 0.6 is 0 Å². The lowest BCUT2D eigenvalue weighted by atomic mass is 10.0. The number of carbonyl (C=O) groups is 2. The first-order valence-electron chi connectivity index (χ1n) is 14.1. The highest BCUT2D eigenvalue weighted by molar-refractivity contribution is 7.92. The molecule has 10 nitrogen and oxygen atoms in total. The quantitative estimate of drug-likeness (QED) is 0.121. The van der Waals surface area contributed by atoms with Crippen LogP contribution in [0.3, 0.4) is 0 Å². The molecule has 0 aliphatic carbocycles. The van der Waals surface area contributed by atoms with Crippen molar-refractivity contribution in [1.29, 1.82) is 0 Å². The molecule has 0 radical (unpaired) electrons. The summed E-state index contributed by atoms with van der Waals surface area (Å²) in [7, 11) is -2.88. The molecule has 0 aromatic heterocycles. The molecule has 4 N–H and O–H groups in total. The van der Waals surface area contributed by atoms with Crippen LogP contribution in [0, 0.1) is 12.7 Å². The molecule has 5 rings (SSSR count). The number of rotatable bonds is 11. The molecule has 1 amide bonds. The number of benzene rings is 5. The monoisotopic (exact) mass is 656 g/mol. The maximum atomic E-state index is 15.0. The predicted octanol–water partition coefficient (Wildman–Crippen LogP) is 6.85. The lowest BCUT2D eigenvalue weighted by Crippen LogP contribution is -2.14. The standard InChI is InChI=1S/C35H29FN2O8S/c1-21-15-22(17-27(16-21)38-47(43,44)29-12-14-32(45-2)30(19-29)35(41)42)20-46-33-13-9-26(18-31(33)36)37-34(40)25-5-3-23(4-6-25)24-7-10-28(39)11-8-24/h3-19,38-39H,20H2,1-2H3,(H,37,40)(H,41,42). The van der Waals surface area contributed by atoms with E-state index >= 15 is 0 Å². The Morgan fingerprint density at radius 1 is 0.809 bits per heavy atom. The number of halogens is 1. The minimum Gasteiger partial charge on any atom is -0.508 e. The number of sulfonamides is 1. The third-order valence-corrected chi connectivity index (χ3v) is 8.41. The van der Waals surface area contributed by atoms with Crippen LogP contribution in [0.15, 0.2) is 108 Å². The van der Waals surface area contributed by atoms with Crippen molar-refractivity contribution in [3.05, 3.63) is 131 Å². The summed E-state index contributed by atoms with van der Waals surface area (Å²) in [5.74, 6) is -2.39. The van der Waals surface area contributed by atoms with Gasteiger partial charge in [0.05, 0.1) is 12.0 Å². The van der Waals surface area contributed by atoms with Crippen LogP contribution < -0.4 is 19.5 Å². The lowest BCUT2D eigenvalue weighted by molar-refractivity contribution is 0.0692. The summed E-state index contributed by atoms with van der Waals surface area (Å²) in [6.45, 7) is 1.65. The number of hydrogen-bond acceptors (Lipinski definition) is 7. The Hall–Kier alpha value is -5.88. The fourth-order valence-corrected chi connectivity index (χ4v) is 5.83. The van der Waals surface area contributed by atoms with E-state index < -0.39 is 27.7 Å². The van der Waals surface area contributed by atoms with Crippen molar-refractivity contribution in [3.63, 3.8) is 0 Å². The summed E-state index contributed by atoms with van der Waals surface area (Å²) in [4.78, 5) is 24.0. The molecule has 0 bridgehead atoms. The summed E-state index contributed by atoms with van der Waals surface area (Å²) in [5.41, 5.74) is 3.45. The van der Waals surface area contributed by atoms with Crippen molar-refractivity contribution in [2.24, 2.45) is 0 Å². The van der Waals surface area contributed by atoms with E-state index in [9.17, 15) is 32.6 Å². The van der Waals surface area contributed by atoms with Crippen LogP contribution in [0.1, 0.15) is 31.8 Å². The summed E-state index contributed by atoms with van der Waals surface area (Å²) in [6.07, 6.45) is 0. The second kappa shape index (κ2) is 13.6. The number of amides is 1. The smallest absolute Gasteiger partial charge is 0.339 e. The Bertz CT molecular complexity index is 2070. The molecular formula is C35H29FN2O8S. The van der Waals surface area contributed by atoms with Crippen LogP contribution in [0.5, 0.6) is 17.2 Å². The van der Waals surface area contributed by atoms with Gasteiger partial charge in [-0.3, -0.25) is 9.52 Å². The van der Waals surface area contributed by atoms with Gasteiger partial charge in [0.2, 0.25) is 0 Å². The lowest BCUT2D eigenvalue weighted by Gasteiger charge is -2.14. The van der Waals surface area contributed by atoms with Gasteiger partial charge in [0.15, 0.2) is 11.6 Å². The van der Waals surface area contributed by atoms with E-state index in [4.69, 9.17) is 9.47 Å². The van der Waals surface area contributed by atoms with Crippen LogP contribution in [0.4, 0.5) is 15.8 Å². The molecule has 240 valence electrons. The highest BCUT2D eigenvalue weighted by Crippen LogP contribution is 2.27. The SMILES string of the molecule is COc1ccc(S(=O)(=O)Nc2cc(C)cc(COc3ccc(NC(=O)c4ccc(-c5ccc(O)cc5)cc4)cc3F)c2)cc1C(=O)O. The second-order valence-corrected chi connectivity index (χ2v) is 12.2. The van der Waals surface area contributed by atoms with Crippen molar-refractivity contribution in [2.75, 3.05) is 17.1 Å². The van der Waals surface area contributed by atoms with E-state index in [1.54, 1.807) is 67.6 Å². The van der Waals surface area contributed by atoms with Crippen LogP contribution in [-0.2, 0) is 16.6 Å². The fourth-order valence-electron chi connectivity index (χ4n) is 4.77. The highest BCUT2D eigenvalue weighted by Gasteiger charge is 2.20. The molecular weight excluding hydrogens is 627 g/mol. The summed E-state index contributed by atoms with van der Waals surface area (Å²) < 4.78 is 54.1. The van der Waals surface area contributed by atoms with Crippen molar-refractivity contribution in [1.82, 2.24) is 0 Å². The van der Waals surface area contributed by atoms with E-state index in [2.05, 4.69) is 10.0 Å². The number of anilines is 2. The number of carboxylic acid groups (broad SMARTS) is 1. The van der Waals surface area contributed by atoms with Gasteiger partial charge in [-0.2, -0.15) is 0 Å². The number of ether oxygens (including phenoxy) is 2.